The van der Waals surface area contributed by atoms with Crippen molar-refractivity contribution in [2.75, 3.05) is 13.2 Å². The van der Waals surface area contributed by atoms with Crippen LogP contribution in [0.15, 0.2) is 97.8 Å². The Kier molecular flexibility index (Phi) is 10.6. The fourth-order valence-corrected chi connectivity index (χ4v) is 3.07. The number of fused-ring (bicyclic) bond motifs is 2. The first-order chi connectivity index (χ1) is 15.6. The first kappa shape index (κ1) is 24.8. The molecular weight excluding hydrogens is 400 g/mol. The highest BCUT2D eigenvalue weighted by Gasteiger charge is 2.05. The summed E-state index contributed by atoms with van der Waals surface area (Å²) in [7, 11) is 0. The van der Waals surface area contributed by atoms with Gasteiger partial charge in [0.1, 0.15) is 11.5 Å². The number of phenolic OH excluding ortho intramolecular Hbond substituents is 1. The molecule has 4 rings (SSSR count). The highest BCUT2D eigenvalue weighted by Crippen LogP contribution is 2.26. The zero-order chi connectivity index (χ0) is 23.2. The molecule has 0 spiro atoms. The molecule has 0 fully saturated rings. The van der Waals surface area contributed by atoms with Crippen LogP contribution < -0.4 is 4.74 Å². The van der Waals surface area contributed by atoms with E-state index in [0.29, 0.717) is 12.4 Å². The van der Waals surface area contributed by atoms with Gasteiger partial charge in [-0.05, 0) is 43.7 Å². The Morgan fingerprint density at radius 1 is 0.781 bits per heavy atom. The Bertz CT molecular complexity index is 1080. The molecule has 1 N–H and O–H groups in total. The lowest BCUT2D eigenvalue weighted by Crippen LogP contribution is -2.15. The van der Waals surface area contributed by atoms with Crippen LogP contribution >= 0.6 is 0 Å². The zero-order valence-corrected chi connectivity index (χ0v) is 19.0. The molecule has 4 aromatic rings. The Balaban J connectivity index is 0.000000196. The van der Waals surface area contributed by atoms with E-state index in [1.54, 1.807) is 6.07 Å². The van der Waals surface area contributed by atoms with Gasteiger partial charge >= 0.3 is 0 Å². The first-order valence-electron chi connectivity index (χ1n) is 10.8. The maximum absolute atomic E-state index is 9.37. The Labute approximate surface area is 190 Å². The van der Waals surface area contributed by atoms with E-state index in [0.717, 1.165) is 28.5 Å². The molecule has 0 aromatic heterocycles. The predicted molar refractivity (Wildman–Crippen MR) is 133 cm³/mol. The SMILES string of the molecule is C=COCC.CCOC(C)Oc1cccc2ccccc12.Oc1cccc2ccccc12. The van der Waals surface area contributed by atoms with Crippen molar-refractivity contribution >= 4 is 21.5 Å². The topological polar surface area (TPSA) is 47.9 Å². The van der Waals surface area contributed by atoms with Crippen LogP contribution in [0.5, 0.6) is 11.5 Å². The van der Waals surface area contributed by atoms with E-state index < -0.39 is 0 Å². The summed E-state index contributed by atoms with van der Waals surface area (Å²) in [6, 6.07) is 27.5. The van der Waals surface area contributed by atoms with Crippen LogP contribution in [0.25, 0.3) is 21.5 Å². The van der Waals surface area contributed by atoms with Gasteiger partial charge in [-0.3, -0.25) is 0 Å². The number of rotatable bonds is 6. The van der Waals surface area contributed by atoms with Crippen molar-refractivity contribution in [3.63, 3.8) is 0 Å². The third kappa shape index (κ3) is 7.64. The molecule has 0 amide bonds. The molecule has 0 saturated heterocycles. The van der Waals surface area contributed by atoms with Crippen molar-refractivity contribution < 1.29 is 19.3 Å². The maximum Gasteiger partial charge on any atom is 0.196 e. The highest BCUT2D eigenvalue weighted by molar-refractivity contribution is 5.88. The second kappa shape index (κ2) is 13.7. The van der Waals surface area contributed by atoms with Crippen molar-refractivity contribution in [2.24, 2.45) is 0 Å². The molecule has 1 atom stereocenters. The smallest absolute Gasteiger partial charge is 0.196 e. The first-order valence-corrected chi connectivity index (χ1v) is 10.8. The fourth-order valence-electron chi connectivity index (χ4n) is 3.07. The summed E-state index contributed by atoms with van der Waals surface area (Å²) in [4.78, 5) is 0. The molecule has 0 radical (unpaired) electrons. The van der Waals surface area contributed by atoms with Crippen molar-refractivity contribution in [2.45, 2.75) is 27.1 Å². The Morgan fingerprint density at radius 2 is 1.34 bits per heavy atom. The van der Waals surface area contributed by atoms with E-state index in [4.69, 9.17) is 9.47 Å². The quantitative estimate of drug-likeness (QED) is 0.256. The minimum absolute atomic E-state index is 0.212. The summed E-state index contributed by atoms with van der Waals surface area (Å²) in [5.74, 6) is 1.22. The van der Waals surface area contributed by atoms with Crippen LogP contribution in [0, 0.1) is 0 Å². The average molecular weight is 433 g/mol. The molecule has 168 valence electrons. The van der Waals surface area contributed by atoms with Gasteiger partial charge in [-0.15, -0.1) is 0 Å². The lowest BCUT2D eigenvalue weighted by atomic mass is 10.1. The second-order valence-electron chi connectivity index (χ2n) is 6.74. The lowest BCUT2D eigenvalue weighted by Gasteiger charge is -2.15. The largest absolute Gasteiger partial charge is 0.507 e. The molecule has 4 aromatic carbocycles. The molecule has 0 bridgehead atoms. The molecule has 0 saturated carbocycles. The summed E-state index contributed by atoms with van der Waals surface area (Å²) in [6.07, 6.45) is 1.22. The molecule has 0 aliphatic rings. The molecule has 0 heterocycles. The summed E-state index contributed by atoms with van der Waals surface area (Å²) in [5.41, 5.74) is 0. The Morgan fingerprint density at radius 3 is 1.91 bits per heavy atom. The number of hydrogen-bond donors (Lipinski definition) is 1. The summed E-state index contributed by atoms with van der Waals surface area (Å²) in [6.45, 7) is 10.5. The molecule has 0 aliphatic heterocycles. The van der Waals surface area contributed by atoms with Gasteiger partial charge in [-0.2, -0.15) is 0 Å². The summed E-state index contributed by atoms with van der Waals surface area (Å²) >= 11 is 0. The fraction of sp³-hybridized carbons (Fsp3) is 0.214. The van der Waals surface area contributed by atoms with Crippen molar-refractivity contribution in [3.8, 4) is 11.5 Å². The maximum atomic E-state index is 9.37. The molecule has 4 heteroatoms. The van der Waals surface area contributed by atoms with Crippen LogP contribution in [-0.2, 0) is 9.47 Å². The predicted octanol–water partition coefficient (Wildman–Crippen LogP) is 7.31. The third-order valence-electron chi connectivity index (χ3n) is 4.50. The van der Waals surface area contributed by atoms with Gasteiger partial charge in [0.15, 0.2) is 6.29 Å². The Hall–Kier alpha value is -3.50. The van der Waals surface area contributed by atoms with E-state index >= 15 is 0 Å². The number of aromatic hydroxyl groups is 1. The molecule has 32 heavy (non-hydrogen) atoms. The van der Waals surface area contributed by atoms with Crippen molar-refractivity contribution in [3.05, 3.63) is 97.8 Å². The number of phenols is 1. The van der Waals surface area contributed by atoms with Crippen LogP contribution in [0.2, 0.25) is 0 Å². The number of benzene rings is 4. The van der Waals surface area contributed by atoms with Gasteiger partial charge in [-0.25, -0.2) is 0 Å². The van der Waals surface area contributed by atoms with E-state index in [-0.39, 0.29) is 6.29 Å². The van der Waals surface area contributed by atoms with Gasteiger partial charge < -0.3 is 19.3 Å². The minimum Gasteiger partial charge on any atom is -0.507 e. The van der Waals surface area contributed by atoms with E-state index in [2.05, 4.69) is 29.5 Å². The highest BCUT2D eigenvalue weighted by atomic mass is 16.7. The average Bonchev–Trinajstić information content (AvgIpc) is 2.81. The summed E-state index contributed by atoms with van der Waals surface area (Å²) < 4.78 is 15.7. The van der Waals surface area contributed by atoms with Gasteiger partial charge in [0.2, 0.25) is 0 Å². The van der Waals surface area contributed by atoms with E-state index in [9.17, 15) is 5.11 Å². The number of ether oxygens (including phenoxy) is 3. The van der Waals surface area contributed by atoms with E-state index in [1.807, 2.05) is 81.4 Å². The van der Waals surface area contributed by atoms with Crippen LogP contribution in [0.3, 0.4) is 0 Å². The number of hydrogen-bond acceptors (Lipinski definition) is 4. The van der Waals surface area contributed by atoms with Crippen LogP contribution in [0.4, 0.5) is 0 Å². The molecule has 0 aliphatic carbocycles. The van der Waals surface area contributed by atoms with Gasteiger partial charge in [0.25, 0.3) is 0 Å². The van der Waals surface area contributed by atoms with Crippen molar-refractivity contribution in [1.29, 1.82) is 0 Å². The van der Waals surface area contributed by atoms with Gasteiger partial charge in [0, 0.05) is 17.4 Å². The van der Waals surface area contributed by atoms with Crippen LogP contribution in [-0.4, -0.2) is 24.6 Å². The normalized spacial score (nSPS) is 10.8. The standard InChI is InChI=1S/C14H16O2.C10H8O.C4H8O/c1-3-15-11(2)16-14-10-6-8-12-7-4-5-9-13(12)14;11-10-7-3-5-8-4-1-2-6-9(8)10;1-3-5-4-2/h4-11H,3H2,1-2H3;1-7,11H;3H,1,4H2,2H3. The van der Waals surface area contributed by atoms with Crippen LogP contribution in [0.1, 0.15) is 20.8 Å². The molecule has 4 nitrogen and oxygen atoms in total. The van der Waals surface area contributed by atoms with Crippen molar-refractivity contribution in [1.82, 2.24) is 0 Å². The summed E-state index contributed by atoms with van der Waals surface area (Å²) in [5, 5.41) is 13.7. The lowest BCUT2D eigenvalue weighted by molar-refractivity contribution is -0.0605. The second-order valence-corrected chi connectivity index (χ2v) is 6.74. The van der Waals surface area contributed by atoms with E-state index in [1.165, 1.54) is 11.6 Å². The minimum atomic E-state index is -0.212. The monoisotopic (exact) mass is 432 g/mol. The third-order valence-corrected chi connectivity index (χ3v) is 4.50. The van der Waals surface area contributed by atoms with Gasteiger partial charge in [0.05, 0.1) is 12.9 Å². The van der Waals surface area contributed by atoms with Gasteiger partial charge in [-0.1, -0.05) is 79.4 Å². The zero-order valence-electron chi connectivity index (χ0n) is 19.0. The molecular formula is C28H32O4. The molecule has 1 unspecified atom stereocenters.